The van der Waals surface area contributed by atoms with Crippen molar-refractivity contribution in [1.82, 2.24) is 10.6 Å². The fraction of sp³-hybridized carbons (Fsp3) is 0.731. The number of methoxy groups -OCH3 is 2. The average molecular weight is 469 g/mol. The van der Waals surface area contributed by atoms with Crippen LogP contribution in [0, 0.1) is 0 Å². The average Bonchev–Trinajstić information content (AvgIpc) is 2.85. The molecule has 0 aliphatic rings. The number of hydrogen-bond donors (Lipinski definition) is 2. The molecule has 0 aliphatic heterocycles. The summed E-state index contributed by atoms with van der Waals surface area (Å²) in [7, 11) is 3.44. The summed E-state index contributed by atoms with van der Waals surface area (Å²) in [6.07, 6.45) is 6.07. The minimum atomic E-state index is -0.139. The van der Waals surface area contributed by atoms with Crippen LogP contribution in [-0.2, 0) is 30.3 Å². The zero-order valence-corrected chi connectivity index (χ0v) is 21.4. The molecule has 0 aromatic heterocycles. The van der Waals surface area contributed by atoms with E-state index in [0.717, 1.165) is 57.3 Å². The van der Waals surface area contributed by atoms with Crippen molar-refractivity contribution in [1.29, 1.82) is 0 Å². The van der Waals surface area contributed by atoms with Crippen molar-refractivity contribution >= 4 is 5.91 Å². The van der Waals surface area contributed by atoms with Crippen molar-refractivity contribution in [2.45, 2.75) is 65.0 Å². The molecule has 1 atom stereocenters. The number of ether oxygens (including phenoxy) is 4. The molecule has 2 N–H and O–H groups in total. The maximum atomic E-state index is 12.2. The fourth-order valence-electron chi connectivity index (χ4n) is 2.99. The molecule has 0 aliphatic carbocycles. The number of carbonyl (C=O) groups excluding carboxylic acids is 1. The van der Waals surface area contributed by atoms with Crippen molar-refractivity contribution in [2.24, 2.45) is 0 Å². The Bertz CT molecular complexity index is 531. The summed E-state index contributed by atoms with van der Waals surface area (Å²) < 4.78 is 21.9. The van der Waals surface area contributed by atoms with Crippen LogP contribution in [0.4, 0.5) is 0 Å². The summed E-state index contributed by atoms with van der Waals surface area (Å²) in [6, 6.07) is 10.0. The van der Waals surface area contributed by atoms with Crippen LogP contribution < -0.4 is 10.6 Å². The zero-order chi connectivity index (χ0) is 24.4. The zero-order valence-electron chi connectivity index (χ0n) is 21.4. The molecule has 7 heteroatoms. The van der Waals surface area contributed by atoms with Crippen LogP contribution in [0.3, 0.4) is 0 Å². The van der Waals surface area contributed by atoms with Crippen molar-refractivity contribution in [3.63, 3.8) is 0 Å². The molecule has 1 amide bonds. The van der Waals surface area contributed by atoms with Crippen LogP contribution in [-0.4, -0.2) is 72.4 Å². The van der Waals surface area contributed by atoms with Gasteiger partial charge in [0.25, 0.3) is 0 Å². The van der Waals surface area contributed by atoms with E-state index in [1.54, 1.807) is 14.2 Å². The van der Waals surface area contributed by atoms with Gasteiger partial charge in [0.05, 0.1) is 19.3 Å². The summed E-state index contributed by atoms with van der Waals surface area (Å²) in [5.74, 6) is -0.0378. The maximum Gasteiger partial charge on any atom is 0.234 e. The first-order valence-electron chi connectivity index (χ1n) is 12.4. The molecule has 0 saturated heterocycles. The van der Waals surface area contributed by atoms with E-state index in [2.05, 4.69) is 10.6 Å². The molecular weight excluding hydrogens is 420 g/mol. The van der Waals surface area contributed by atoms with Gasteiger partial charge in [0.1, 0.15) is 0 Å². The Balaban J connectivity index is 0.00000497. The van der Waals surface area contributed by atoms with Crippen LogP contribution in [0.15, 0.2) is 30.3 Å². The van der Waals surface area contributed by atoms with Gasteiger partial charge in [-0.05, 0) is 44.1 Å². The molecule has 0 heterocycles. The largest absolute Gasteiger partial charge is 0.385 e. The van der Waals surface area contributed by atoms with Crippen molar-refractivity contribution in [3.05, 3.63) is 35.9 Å². The molecule has 192 valence electrons. The van der Waals surface area contributed by atoms with E-state index in [0.29, 0.717) is 32.9 Å². The van der Waals surface area contributed by atoms with E-state index in [1.165, 1.54) is 0 Å². The Hall–Kier alpha value is -1.51. The predicted octanol–water partition coefficient (Wildman–Crippen LogP) is 3.95. The Morgan fingerprint density at radius 3 is 2.09 bits per heavy atom. The first-order valence-corrected chi connectivity index (χ1v) is 12.4. The third kappa shape index (κ3) is 20.8. The summed E-state index contributed by atoms with van der Waals surface area (Å²) in [4.78, 5) is 12.2. The minimum absolute atomic E-state index is 0.0378. The van der Waals surface area contributed by atoms with Crippen molar-refractivity contribution in [2.75, 3.05) is 60.3 Å². The number of nitrogens with one attached hydrogen (secondary N) is 2. The van der Waals surface area contributed by atoms with Gasteiger partial charge in [0, 0.05) is 53.7 Å². The predicted molar refractivity (Wildman–Crippen MR) is 135 cm³/mol. The smallest absolute Gasteiger partial charge is 0.234 e. The lowest BCUT2D eigenvalue weighted by Crippen LogP contribution is -2.40. The molecule has 0 fully saturated rings. The van der Waals surface area contributed by atoms with E-state index < -0.39 is 0 Å². The van der Waals surface area contributed by atoms with E-state index in [4.69, 9.17) is 18.9 Å². The fourth-order valence-corrected chi connectivity index (χ4v) is 2.99. The van der Waals surface area contributed by atoms with Gasteiger partial charge in [-0.15, -0.1) is 0 Å². The lowest BCUT2D eigenvalue weighted by molar-refractivity contribution is -0.121. The Morgan fingerprint density at radius 2 is 1.45 bits per heavy atom. The summed E-state index contributed by atoms with van der Waals surface area (Å²) in [6.45, 7) is 8.81. The molecule has 1 aromatic rings. The Morgan fingerprint density at radius 1 is 0.848 bits per heavy atom. The number of carbonyl (C=O) groups is 1. The lowest BCUT2D eigenvalue weighted by Gasteiger charge is -2.19. The molecule has 1 rings (SSSR count). The maximum absolute atomic E-state index is 12.2. The molecular formula is C26H48N2O5. The minimum Gasteiger partial charge on any atom is -0.385 e. The molecule has 0 saturated carbocycles. The SMILES string of the molecule is CC.COCCCCCOCC(CNC(=O)CNCc1ccccc1)OCCCCCOC. The van der Waals surface area contributed by atoms with Crippen molar-refractivity contribution in [3.8, 4) is 0 Å². The monoisotopic (exact) mass is 468 g/mol. The van der Waals surface area contributed by atoms with Crippen LogP contribution >= 0.6 is 0 Å². The van der Waals surface area contributed by atoms with Gasteiger partial charge in [-0.3, -0.25) is 4.79 Å². The third-order valence-corrected chi connectivity index (χ3v) is 4.77. The third-order valence-electron chi connectivity index (χ3n) is 4.77. The number of hydrogen-bond acceptors (Lipinski definition) is 6. The van der Waals surface area contributed by atoms with E-state index in [9.17, 15) is 4.79 Å². The van der Waals surface area contributed by atoms with Gasteiger partial charge < -0.3 is 29.6 Å². The molecule has 1 aromatic carbocycles. The summed E-state index contributed by atoms with van der Waals surface area (Å²) >= 11 is 0. The van der Waals surface area contributed by atoms with Crippen LogP contribution in [0.2, 0.25) is 0 Å². The van der Waals surface area contributed by atoms with Crippen LogP contribution in [0.25, 0.3) is 0 Å². The topological polar surface area (TPSA) is 78.1 Å². The second kappa shape index (κ2) is 25.1. The highest BCUT2D eigenvalue weighted by molar-refractivity contribution is 5.77. The number of amides is 1. The molecule has 33 heavy (non-hydrogen) atoms. The van der Waals surface area contributed by atoms with Gasteiger partial charge in [0.15, 0.2) is 0 Å². The van der Waals surface area contributed by atoms with Crippen LogP contribution in [0.5, 0.6) is 0 Å². The lowest BCUT2D eigenvalue weighted by atomic mass is 10.2. The molecule has 7 nitrogen and oxygen atoms in total. The number of benzene rings is 1. The second-order valence-corrected chi connectivity index (χ2v) is 7.57. The van der Waals surface area contributed by atoms with E-state index in [1.807, 2.05) is 44.2 Å². The quantitative estimate of drug-likeness (QED) is 0.266. The molecule has 0 radical (unpaired) electrons. The Labute approximate surface area is 201 Å². The number of unbranched alkanes of at least 4 members (excludes halogenated alkanes) is 4. The van der Waals surface area contributed by atoms with E-state index >= 15 is 0 Å². The first-order chi connectivity index (χ1) is 16.3. The normalized spacial score (nSPS) is 11.5. The van der Waals surface area contributed by atoms with Crippen LogP contribution in [0.1, 0.15) is 57.9 Å². The molecule has 0 spiro atoms. The summed E-state index contributed by atoms with van der Waals surface area (Å²) in [5, 5.41) is 6.12. The highest BCUT2D eigenvalue weighted by Gasteiger charge is 2.11. The van der Waals surface area contributed by atoms with Gasteiger partial charge >= 0.3 is 0 Å². The Kier molecular flexibility index (Phi) is 24.0. The second-order valence-electron chi connectivity index (χ2n) is 7.57. The van der Waals surface area contributed by atoms with E-state index in [-0.39, 0.29) is 18.6 Å². The first kappa shape index (κ1) is 31.5. The van der Waals surface area contributed by atoms with Gasteiger partial charge in [0.2, 0.25) is 5.91 Å². The van der Waals surface area contributed by atoms with Gasteiger partial charge in [-0.2, -0.15) is 0 Å². The molecule has 1 unspecified atom stereocenters. The number of rotatable bonds is 21. The van der Waals surface area contributed by atoms with Gasteiger partial charge in [-0.1, -0.05) is 44.2 Å². The summed E-state index contributed by atoms with van der Waals surface area (Å²) in [5.41, 5.74) is 1.16. The van der Waals surface area contributed by atoms with Gasteiger partial charge in [-0.25, -0.2) is 0 Å². The molecule has 0 bridgehead atoms. The van der Waals surface area contributed by atoms with Crippen molar-refractivity contribution < 1.29 is 23.7 Å². The highest BCUT2D eigenvalue weighted by atomic mass is 16.5. The standard InChI is InChI=1S/C24H42N2O5.C2H6/c1-28-14-8-4-10-16-30-21-23(31-17-11-5-9-15-29-2)19-26-24(27)20-25-18-22-12-6-3-7-13-22;1-2/h3,6-7,12-13,23,25H,4-5,8-11,14-21H2,1-2H3,(H,26,27);1-2H3. The highest BCUT2D eigenvalue weighted by Crippen LogP contribution is 2.02.